The van der Waals surface area contributed by atoms with Gasteiger partial charge in [0.25, 0.3) is 0 Å². The van der Waals surface area contributed by atoms with Gasteiger partial charge < -0.3 is 5.32 Å². The minimum Gasteiger partial charge on any atom is -0.304 e. The fourth-order valence-corrected chi connectivity index (χ4v) is 1.45. The summed E-state index contributed by atoms with van der Waals surface area (Å²) in [5, 5.41) is 3.28. The van der Waals surface area contributed by atoms with Crippen LogP contribution in [-0.4, -0.2) is 12.6 Å². The van der Waals surface area contributed by atoms with Gasteiger partial charge in [-0.3, -0.25) is 0 Å². The molecular weight excluding hydrogens is 206 g/mol. The standard InChI is InChI=1S/C16H23N/c1-13(2)17-12-6-7-14-8-10-15(11-9-14)16(3,4)5/h8-11,13,17H,12H2,1-5H3. The third-order valence-corrected chi connectivity index (χ3v) is 2.58. The second kappa shape index (κ2) is 5.89. The van der Waals surface area contributed by atoms with Gasteiger partial charge in [-0.05, 0) is 37.0 Å². The Bertz CT molecular complexity index is 396. The van der Waals surface area contributed by atoms with E-state index >= 15 is 0 Å². The van der Waals surface area contributed by atoms with Crippen molar-refractivity contribution in [1.29, 1.82) is 0 Å². The molecular formula is C16H23N. The minimum atomic E-state index is 0.213. The fraction of sp³-hybridized carbons (Fsp3) is 0.500. The van der Waals surface area contributed by atoms with E-state index in [1.54, 1.807) is 0 Å². The summed E-state index contributed by atoms with van der Waals surface area (Å²) in [6.45, 7) is 11.7. The zero-order valence-electron chi connectivity index (χ0n) is 11.6. The van der Waals surface area contributed by atoms with Crippen LogP contribution in [0.5, 0.6) is 0 Å². The van der Waals surface area contributed by atoms with Crippen LogP contribution in [0.2, 0.25) is 0 Å². The predicted molar refractivity (Wildman–Crippen MR) is 75.2 cm³/mol. The summed E-state index contributed by atoms with van der Waals surface area (Å²) in [6, 6.07) is 9.03. The number of hydrogen-bond acceptors (Lipinski definition) is 1. The maximum atomic E-state index is 3.28. The van der Waals surface area contributed by atoms with E-state index in [0.717, 1.165) is 12.1 Å². The highest BCUT2D eigenvalue weighted by atomic mass is 14.9. The summed E-state index contributed by atoms with van der Waals surface area (Å²) in [7, 11) is 0. The molecule has 92 valence electrons. The molecule has 0 saturated heterocycles. The van der Waals surface area contributed by atoms with Gasteiger partial charge in [-0.25, -0.2) is 0 Å². The first-order valence-electron chi connectivity index (χ1n) is 6.22. The van der Waals surface area contributed by atoms with E-state index < -0.39 is 0 Å². The zero-order valence-corrected chi connectivity index (χ0v) is 11.6. The average Bonchev–Trinajstić information content (AvgIpc) is 2.23. The first kappa shape index (κ1) is 13.8. The quantitative estimate of drug-likeness (QED) is 0.767. The van der Waals surface area contributed by atoms with E-state index in [1.807, 2.05) is 0 Å². The van der Waals surface area contributed by atoms with Gasteiger partial charge in [-0.1, -0.05) is 44.7 Å². The molecule has 0 spiro atoms. The second-order valence-corrected chi connectivity index (χ2v) is 5.66. The van der Waals surface area contributed by atoms with Gasteiger partial charge in [0.15, 0.2) is 0 Å². The van der Waals surface area contributed by atoms with Crippen molar-refractivity contribution >= 4 is 0 Å². The minimum absolute atomic E-state index is 0.213. The highest BCUT2D eigenvalue weighted by Crippen LogP contribution is 2.21. The van der Waals surface area contributed by atoms with Gasteiger partial charge in [0.2, 0.25) is 0 Å². The number of rotatable bonds is 2. The summed E-state index contributed by atoms with van der Waals surface area (Å²) >= 11 is 0. The molecule has 1 aromatic rings. The highest BCUT2D eigenvalue weighted by molar-refractivity contribution is 5.38. The molecule has 0 atom stereocenters. The van der Waals surface area contributed by atoms with E-state index in [4.69, 9.17) is 0 Å². The Labute approximate surface area is 106 Å². The fourth-order valence-electron chi connectivity index (χ4n) is 1.45. The largest absolute Gasteiger partial charge is 0.304 e. The molecule has 1 nitrogen and oxygen atoms in total. The highest BCUT2D eigenvalue weighted by Gasteiger charge is 2.12. The van der Waals surface area contributed by atoms with Crippen molar-refractivity contribution in [2.45, 2.75) is 46.1 Å². The summed E-state index contributed by atoms with van der Waals surface area (Å²) in [5.41, 5.74) is 2.65. The second-order valence-electron chi connectivity index (χ2n) is 5.66. The molecule has 1 N–H and O–H groups in total. The Kier molecular flexibility index (Phi) is 4.78. The topological polar surface area (TPSA) is 12.0 Å². The molecule has 0 radical (unpaired) electrons. The molecule has 17 heavy (non-hydrogen) atoms. The lowest BCUT2D eigenvalue weighted by Crippen LogP contribution is -2.22. The average molecular weight is 229 g/mol. The van der Waals surface area contributed by atoms with Gasteiger partial charge in [0, 0.05) is 11.6 Å². The van der Waals surface area contributed by atoms with Gasteiger partial charge in [0.1, 0.15) is 0 Å². The third kappa shape index (κ3) is 5.06. The molecule has 0 heterocycles. The molecule has 1 rings (SSSR count). The summed E-state index contributed by atoms with van der Waals surface area (Å²) in [4.78, 5) is 0. The lowest BCUT2D eigenvalue weighted by atomic mass is 9.87. The number of nitrogens with one attached hydrogen (secondary N) is 1. The van der Waals surface area contributed by atoms with Crippen molar-refractivity contribution in [2.24, 2.45) is 0 Å². The van der Waals surface area contributed by atoms with Crippen molar-refractivity contribution in [3.63, 3.8) is 0 Å². The van der Waals surface area contributed by atoms with E-state index in [1.165, 1.54) is 5.56 Å². The van der Waals surface area contributed by atoms with E-state index in [-0.39, 0.29) is 5.41 Å². The van der Waals surface area contributed by atoms with Crippen LogP contribution in [0.1, 0.15) is 45.7 Å². The van der Waals surface area contributed by atoms with Gasteiger partial charge in [-0.15, -0.1) is 0 Å². The van der Waals surface area contributed by atoms with E-state index in [0.29, 0.717) is 6.04 Å². The molecule has 0 aromatic heterocycles. The third-order valence-electron chi connectivity index (χ3n) is 2.58. The lowest BCUT2D eigenvalue weighted by molar-refractivity contribution is 0.590. The van der Waals surface area contributed by atoms with Crippen LogP contribution in [0.25, 0.3) is 0 Å². The molecule has 0 saturated carbocycles. The van der Waals surface area contributed by atoms with Crippen molar-refractivity contribution in [3.05, 3.63) is 35.4 Å². The van der Waals surface area contributed by atoms with Crippen molar-refractivity contribution in [1.82, 2.24) is 5.32 Å². The van der Waals surface area contributed by atoms with Crippen molar-refractivity contribution in [2.75, 3.05) is 6.54 Å². The first-order valence-corrected chi connectivity index (χ1v) is 6.22. The van der Waals surface area contributed by atoms with Gasteiger partial charge in [0.05, 0.1) is 6.54 Å². The molecule has 0 aliphatic heterocycles. The van der Waals surface area contributed by atoms with Gasteiger partial charge in [-0.2, -0.15) is 0 Å². The molecule has 0 aliphatic carbocycles. The molecule has 1 heteroatoms. The van der Waals surface area contributed by atoms with Crippen LogP contribution in [0.15, 0.2) is 24.3 Å². The Morgan fingerprint density at radius 3 is 2.18 bits per heavy atom. The Hall–Kier alpha value is -1.26. The van der Waals surface area contributed by atoms with E-state index in [2.05, 4.69) is 76.0 Å². The Balaban J connectivity index is 2.63. The normalized spacial score (nSPS) is 11.2. The van der Waals surface area contributed by atoms with E-state index in [9.17, 15) is 0 Å². The smallest absolute Gasteiger partial charge is 0.0582 e. The first-order chi connectivity index (χ1) is 7.89. The lowest BCUT2D eigenvalue weighted by Gasteiger charge is -2.18. The van der Waals surface area contributed by atoms with Crippen LogP contribution < -0.4 is 5.32 Å². The maximum Gasteiger partial charge on any atom is 0.0582 e. The monoisotopic (exact) mass is 229 g/mol. The molecule has 0 bridgehead atoms. The summed E-state index contributed by atoms with van der Waals surface area (Å²) in [5.74, 6) is 6.30. The van der Waals surface area contributed by atoms with Gasteiger partial charge >= 0.3 is 0 Å². The maximum absolute atomic E-state index is 3.28. The Morgan fingerprint density at radius 2 is 1.71 bits per heavy atom. The molecule has 0 amide bonds. The molecule has 0 unspecified atom stereocenters. The molecule has 0 fully saturated rings. The molecule has 0 aliphatic rings. The Morgan fingerprint density at radius 1 is 1.12 bits per heavy atom. The van der Waals surface area contributed by atoms with Crippen molar-refractivity contribution in [3.8, 4) is 11.8 Å². The van der Waals surface area contributed by atoms with Crippen LogP contribution in [0.4, 0.5) is 0 Å². The van der Waals surface area contributed by atoms with Crippen LogP contribution in [-0.2, 0) is 5.41 Å². The zero-order chi connectivity index (χ0) is 12.9. The SMILES string of the molecule is CC(C)NCC#Cc1ccc(C(C)(C)C)cc1. The van der Waals surface area contributed by atoms with Crippen LogP contribution >= 0.6 is 0 Å². The predicted octanol–water partition coefficient (Wildman–Crippen LogP) is 3.33. The summed E-state index contributed by atoms with van der Waals surface area (Å²) in [6.07, 6.45) is 0. The van der Waals surface area contributed by atoms with Crippen LogP contribution in [0, 0.1) is 11.8 Å². The summed E-state index contributed by atoms with van der Waals surface area (Å²) < 4.78 is 0. The number of benzene rings is 1. The van der Waals surface area contributed by atoms with Crippen LogP contribution in [0.3, 0.4) is 0 Å². The number of hydrogen-bond donors (Lipinski definition) is 1. The molecule has 1 aromatic carbocycles. The van der Waals surface area contributed by atoms with Crippen molar-refractivity contribution < 1.29 is 0 Å².